The van der Waals surface area contributed by atoms with E-state index in [1.807, 2.05) is 31.1 Å². The fourth-order valence-corrected chi connectivity index (χ4v) is 3.20. The number of fused-ring (bicyclic) bond motifs is 1. The molecule has 1 aliphatic rings. The summed E-state index contributed by atoms with van der Waals surface area (Å²) in [5.41, 5.74) is 2.53. The smallest absolute Gasteiger partial charge is 0.274 e. The van der Waals surface area contributed by atoms with Crippen molar-refractivity contribution in [2.24, 2.45) is 0 Å². The van der Waals surface area contributed by atoms with Crippen LogP contribution in [0.1, 0.15) is 21.7 Å². The zero-order valence-electron chi connectivity index (χ0n) is 15.6. The fourth-order valence-electron chi connectivity index (χ4n) is 3.20. The van der Waals surface area contributed by atoms with E-state index in [9.17, 15) is 9.59 Å². The van der Waals surface area contributed by atoms with Crippen molar-refractivity contribution in [3.8, 4) is 11.4 Å². The SMILES string of the molecule is CN(C)c1nc(-c2cccnc2)nc2c1CCN(C(=O)c1c[nH]c(=O)cn1)C2. The lowest BCUT2D eigenvalue weighted by Crippen LogP contribution is -2.38. The van der Waals surface area contributed by atoms with Crippen molar-refractivity contribution in [1.82, 2.24) is 29.8 Å². The molecule has 9 heteroatoms. The van der Waals surface area contributed by atoms with Crippen LogP contribution in [0.2, 0.25) is 0 Å². The van der Waals surface area contributed by atoms with E-state index in [0.717, 1.165) is 28.8 Å². The minimum Gasteiger partial charge on any atom is -0.362 e. The number of hydrogen-bond acceptors (Lipinski definition) is 7. The molecule has 0 radical (unpaired) electrons. The number of pyridine rings is 1. The molecule has 28 heavy (non-hydrogen) atoms. The number of nitrogens with zero attached hydrogens (tertiary/aromatic N) is 6. The highest BCUT2D eigenvalue weighted by Crippen LogP contribution is 2.28. The van der Waals surface area contributed by atoms with Crippen LogP contribution in [-0.4, -0.2) is 56.4 Å². The van der Waals surface area contributed by atoms with Crippen LogP contribution in [0.25, 0.3) is 11.4 Å². The molecule has 4 rings (SSSR count). The van der Waals surface area contributed by atoms with E-state index >= 15 is 0 Å². The molecule has 9 nitrogen and oxygen atoms in total. The van der Waals surface area contributed by atoms with Crippen LogP contribution in [0, 0.1) is 0 Å². The summed E-state index contributed by atoms with van der Waals surface area (Å²) >= 11 is 0. The van der Waals surface area contributed by atoms with Gasteiger partial charge in [-0.3, -0.25) is 14.6 Å². The fraction of sp³-hybridized carbons (Fsp3) is 0.263. The zero-order chi connectivity index (χ0) is 19.7. The quantitative estimate of drug-likeness (QED) is 0.722. The highest BCUT2D eigenvalue weighted by Gasteiger charge is 2.27. The lowest BCUT2D eigenvalue weighted by molar-refractivity contribution is 0.0725. The van der Waals surface area contributed by atoms with Crippen LogP contribution in [0.15, 0.2) is 41.7 Å². The standard InChI is InChI=1S/C19H19N7O2/c1-25(2)18-13-5-7-26(19(28)14-9-22-16(27)10-21-14)11-15(13)23-17(24-18)12-4-3-6-20-8-12/h3-4,6,8-10H,5,7,11H2,1-2H3,(H,22,27). The summed E-state index contributed by atoms with van der Waals surface area (Å²) in [4.78, 5) is 47.6. The van der Waals surface area contributed by atoms with Gasteiger partial charge in [0.05, 0.1) is 18.4 Å². The summed E-state index contributed by atoms with van der Waals surface area (Å²) in [7, 11) is 3.88. The van der Waals surface area contributed by atoms with Crippen LogP contribution in [0.3, 0.4) is 0 Å². The average Bonchev–Trinajstić information content (AvgIpc) is 2.73. The van der Waals surface area contributed by atoms with Crippen molar-refractivity contribution in [2.75, 3.05) is 25.5 Å². The maximum atomic E-state index is 12.8. The molecule has 0 unspecified atom stereocenters. The number of anilines is 1. The third-order valence-corrected chi connectivity index (χ3v) is 4.56. The molecular weight excluding hydrogens is 358 g/mol. The molecular formula is C19H19N7O2. The molecule has 142 valence electrons. The Balaban J connectivity index is 1.70. The maximum Gasteiger partial charge on any atom is 0.274 e. The summed E-state index contributed by atoms with van der Waals surface area (Å²) in [6.07, 6.45) is 6.51. The Hall–Kier alpha value is -3.62. The molecule has 0 aromatic carbocycles. The van der Waals surface area contributed by atoms with Gasteiger partial charge in [-0.2, -0.15) is 0 Å². The van der Waals surface area contributed by atoms with Gasteiger partial charge in [0, 0.05) is 50.4 Å². The van der Waals surface area contributed by atoms with E-state index in [2.05, 4.69) is 15.0 Å². The van der Waals surface area contributed by atoms with E-state index in [4.69, 9.17) is 9.97 Å². The Labute approximate surface area is 161 Å². The number of carbonyl (C=O) groups is 1. The number of rotatable bonds is 3. The first kappa shape index (κ1) is 17.8. The molecule has 0 aliphatic carbocycles. The number of aromatic amines is 1. The van der Waals surface area contributed by atoms with Crippen molar-refractivity contribution < 1.29 is 4.79 Å². The molecule has 0 fully saturated rings. The summed E-state index contributed by atoms with van der Waals surface area (Å²) in [5.74, 6) is 1.18. The maximum absolute atomic E-state index is 12.8. The molecule has 1 amide bonds. The molecule has 4 heterocycles. The Morgan fingerprint density at radius 3 is 2.79 bits per heavy atom. The summed E-state index contributed by atoms with van der Waals surface area (Å²) < 4.78 is 0. The highest BCUT2D eigenvalue weighted by atomic mass is 16.2. The van der Waals surface area contributed by atoms with Crippen LogP contribution in [0.4, 0.5) is 5.82 Å². The first-order valence-electron chi connectivity index (χ1n) is 8.84. The van der Waals surface area contributed by atoms with Gasteiger partial charge in [0.15, 0.2) is 5.82 Å². The van der Waals surface area contributed by atoms with Gasteiger partial charge in [-0.05, 0) is 18.6 Å². The average molecular weight is 377 g/mol. The number of nitrogens with one attached hydrogen (secondary N) is 1. The van der Waals surface area contributed by atoms with Gasteiger partial charge in [-0.25, -0.2) is 15.0 Å². The highest BCUT2D eigenvalue weighted by molar-refractivity contribution is 5.92. The zero-order valence-corrected chi connectivity index (χ0v) is 15.6. The van der Waals surface area contributed by atoms with Gasteiger partial charge < -0.3 is 14.8 Å². The molecule has 0 saturated carbocycles. The first-order chi connectivity index (χ1) is 13.5. The monoisotopic (exact) mass is 377 g/mol. The number of amides is 1. The molecule has 0 spiro atoms. The summed E-state index contributed by atoms with van der Waals surface area (Å²) in [6, 6.07) is 3.75. The van der Waals surface area contributed by atoms with Crippen LogP contribution < -0.4 is 10.5 Å². The topological polar surface area (TPSA) is 108 Å². The molecule has 3 aromatic rings. The normalized spacial score (nSPS) is 13.1. The molecule has 1 aliphatic heterocycles. The predicted molar refractivity (Wildman–Crippen MR) is 103 cm³/mol. The summed E-state index contributed by atoms with van der Waals surface area (Å²) in [6.45, 7) is 0.884. The van der Waals surface area contributed by atoms with Gasteiger partial charge >= 0.3 is 0 Å². The Morgan fingerprint density at radius 2 is 2.11 bits per heavy atom. The first-order valence-corrected chi connectivity index (χ1v) is 8.84. The molecule has 1 N–H and O–H groups in total. The second-order valence-corrected chi connectivity index (χ2v) is 6.71. The number of aromatic nitrogens is 5. The molecule has 3 aromatic heterocycles. The van der Waals surface area contributed by atoms with Crippen LogP contribution in [0.5, 0.6) is 0 Å². The minimum absolute atomic E-state index is 0.206. The second-order valence-electron chi connectivity index (χ2n) is 6.71. The van der Waals surface area contributed by atoms with Crippen molar-refractivity contribution in [3.63, 3.8) is 0 Å². The van der Waals surface area contributed by atoms with Crippen molar-refractivity contribution in [2.45, 2.75) is 13.0 Å². The Kier molecular flexibility index (Phi) is 4.56. The van der Waals surface area contributed by atoms with E-state index in [-0.39, 0.29) is 17.2 Å². The van der Waals surface area contributed by atoms with E-state index in [1.54, 1.807) is 17.3 Å². The predicted octanol–water partition coefficient (Wildman–Crippen LogP) is 0.886. The van der Waals surface area contributed by atoms with Crippen LogP contribution >= 0.6 is 0 Å². The number of carbonyl (C=O) groups excluding carboxylic acids is 1. The second kappa shape index (κ2) is 7.18. The van der Waals surface area contributed by atoms with E-state index < -0.39 is 0 Å². The van der Waals surface area contributed by atoms with Gasteiger partial charge in [0.1, 0.15) is 11.5 Å². The van der Waals surface area contributed by atoms with Gasteiger partial charge in [-0.15, -0.1) is 0 Å². The third-order valence-electron chi connectivity index (χ3n) is 4.56. The molecule has 0 bridgehead atoms. The number of hydrogen-bond donors (Lipinski definition) is 1. The largest absolute Gasteiger partial charge is 0.362 e. The van der Waals surface area contributed by atoms with Gasteiger partial charge in [0.25, 0.3) is 11.5 Å². The van der Waals surface area contributed by atoms with E-state index in [1.165, 1.54) is 6.20 Å². The Bertz CT molecular complexity index is 1060. The minimum atomic E-state index is -0.343. The lowest BCUT2D eigenvalue weighted by Gasteiger charge is -2.30. The van der Waals surface area contributed by atoms with E-state index in [0.29, 0.717) is 25.3 Å². The molecule has 0 saturated heterocycles. The van der Waals surface area contributed by atoms with Gasteiger partial charge in [0.2, 0.25) is 0 Å². The van der Waals surface area contributed by atoms with Crippen LogP contribution in [-0.2, 0) is 13.0 Å². The lowest BCUT2D eigenvalue weighted by atomic mass is 10.0. The number of H-pyrrole nitrogens is 1. The van der Waals surface area contributed by atoms with Crippen molar-refractivity contribution in [1.29, 1.82) is 0 Å². The Morgan fingerprint density at radius 1 is 1.25 bits per heavy atom. The third kappa shape index (κ3) is 3.34. The van der Waals surface area contributed by atoms with Gasteiger partial charge in [-0.1, -0.05) is 0 Å². The summed E-state index contributed by atoms with van der Waals surface area (Å²) in [5, 5.41) is 0. The van der Waals surface area contributed by atoms with Crippen molar-refractivity contribution >= 4 is 11.7 Å². The van der Waals surface area contributed by atoms with Crippen molar-refractivity contribution in [3.05, 3.63) is 64.2 Å². The molecule has 0 atom stereocenters.